The van der Waals surface area contributed by atoms with E-state index in [4.69, 9.17) is 8.37 Å². The van der Waals surface area contributed by atoms with Crippen molar-refractivity contribution in [2.75, 3.05) is 11.5 Å². The minimum Gasteiger partial charge on any atom is -0.382 e. The monoisotopic (exact) mass is 908 g/mol. The maximum Gasteiger partial charge on any atom is 0.411 e. The number of halogens is 12. The van der Waals surface area contributed by atoms with Crippen LogP contribution in [-0.4, -0.2) is 53.0 Å². The number of alkyl halides is 12. The van der Waals surface area contributed by atoms with Gasteiger partial charge in [-0.25, -0.2) is 0 Å². The van der Waals surface area contributed by atoms with Gasteiger partial charge < -0.3 is 8.37 Å². The van der Waals surface area contributed by atoms with Gasteiger partial charge in [-0.2, -0.15) is 69.5 Å². The molecular weight excluding hydrogens is 857 g/mol. The minimum absolute atomic E-state index is 0.0156. The molecule has 0 bridgehead atoms. The molecule has 0 aliphatic rings. The second kappa shape index (κ2) is 21.3. The van der Waals surface area contributed by atoms with E-state index < -0.39 is 97.3 Å². The molecule has 0 saturated heterocycles. The van der Waals surface area contributed by atoms with Gasteiger partial charge >= 0.3 is 44.9 Å². The van der Waals surface area contributed by atoms with E-state index in [1.807, 2.05) is 0 Å². The molecule has 0 saturated carbocycles. The quantitative estimate of drug-likeness (QED) is 0.0592. The van der Waals surface area contributed by atoms with Gasteiger partial charge in [0.1, 0.15) is 11.5 Å². The molecule has 0 aromatic heterocycles. The van der Waals surface area contributed by atoms with Gasteiger partial charge in [0.25, 0.3) is 0 Å². The van der Waals surface area contributed by atoms with Crippen LogP contribution in [0.5, 0.6) is 11.5 Å². The first-order valence-corrected chi connectivity index (χ1v) is 22.4. The lowest BCUT2D eigenvalue weighted by Gasteiger charge is -2.39. The van der Waals surface area contributed by atoms with E-state index in [0.717, 1.165) is 27.7 Å². The van der Waals surface area contributed by atoms with Gasteiger partial charge in [-0.15, -0.1) is 0 Å². The molecule has 0 radical (unpaired) electrons. The van der Waals surface area contributed by atoms with Gasteiger partial charge in [-0.05, 0) is 86.8 Å². The Morgan fingerprint density at radius 2 is 0.644 bits per heavy atom. The van der Waals surface area contributed by atoms with Crippen molar-refractivity contribution in [2.24, 2.45) is 0 Å². The van der Waals surface area contributed by atoms with Crippen molar-refractivity contribution >= 4 is 20.2 Å². The first-order valence-electron chi connectivity index (χ1n) is 19.3. The fraction of sp³-hybridized carbons (Fsp3) is 0.692. The molecule has 0 amide bonds. The molecule has 0 N–H and O–H groups in total. The fourth-order valence-corrected chi connectivity index (χ4v) is 9.21. The van der Waals surface area contributed by atoms with Crippen LogP contribution in [0.2, 0.25) is 0 Å². The summed E-state index contributed by atoms with van der Waals surface area (Å²) in [6.07, 6.45) is -17.5. The van der Waals surface area contributed by atoms with Gasteiger partial charge in [0.05, 0.1) is 11.5 Å². The molecule has 0 atom stereocenters. The topological polar surface area (TPSA) is 86.7 Å². The average Bonchev–Trinajstić information content (AvgIpc) is 3.04. The van der Waals surface area contributed by atoms with Crippen LogP contribution in [0.3, 0.4) is 0 Å². The zero-order chi connectivity index (χ0) is 45.1. The summed E-state index contributed by atoms with van der Waals surface area (Å²) >= 11 is 0. The number of unbranched alkanes of at least 4 members (excludes halogenated alkanes) is 12. The third kappa shape index (κ3) is 16.5. The molecule has 0 unspecified atom stereocenters. The van der Waals surface area contributed by atoms with Crippen molar-refractivity contribution in [3.8, 4) is 11.5 Å². The SMILES string of the molecule is Cc1cc(C(c2cc(C)c(OS(=O)(=O)CCCCCCCCCC(F)(F)F)c(C)c2)(C(F)(F)F)C(F)(F)F)cc(C)c1OS(=O)(=O)CCCCCCCCCC(F)(F)F. The summed E-state index contributed by atoms with van der Waals surface area (Å²) in [6, 6.07) is 2.17. The number of rotatable bonds is 24. The molecule has 0 aliphatic carbocycles. The molecule has 0 heterocycles. The van der Waals surface area contributed by atoms with Gasteiger partial charge in [0.15, 0.2) is 0 Å². The summed E-state index contributed by atoms with van der Waals surface area (Å²) in [4.78, 5) is 0. The van der Waals surface area contributed by atoms with Crippen LogP contribution in [0.15, 0.2) is 24.3 Å². The van der Waals surface area contributed by atoms with E-state index >= 15 is 26.3 Å². The van der Waals surface area contributed by atoms with E-state index in [1.54, 1.807) is 0 Å². The second-order valence-corrected chi connectivity index (χ2v) is 18.4. The van der Waals surface area contributed by atoms with Crippen LogP contribution in [0.25, 0.3) is 0 Å². The van der Waals surface area contributed by atoms with Gasteiger partial charge in [0, 0.05) is 12.8 Å². The lowest BCUT2D eigenvalue weighted by Crippen LogP contribution is -2.55. The Morgan fingerprint density at radius 3 is 0.881 bits per heavy atom. The van der Waals surface area contributed by atoms with Crippen molar-refractivity contribution in [3.63, 3.8) is 0 Å². The lowest BCUT2D eigenvalue weighted by molar-refractivity contribution is -0.288. The molecule has 0 aliphatic heterocycles. The fourth-order valence-electron chi connectivity index (χ4n) is 6.89. The number of benzene rings is 2. The Bertz CT molecular complexity index is 1690. The molecule has 340 valence electrons. The number of aryl methyl sites for hydroxylation is 4. The van der Waals surface area contributed by atoms with Crippen molar-refractivity contribution < 1.29 is 77.9 Å². The van der Waals surface area contributed by atoms with Crippen LogP contribution < -0.4 is 8.37 Å². The summed E-state index contributed by atoms with van der Waals surface area (Å²) in [5, 5.41) is 0. The van der Waals surface area contributed by atoms with Gasteiger partial charge in [0.2, 0.25) is 5.41 Å². The molecule has 59 heavy (non-hydrogen) atoms. The van der Waals surface area contributed by atoms with E-state index in [-0.39, 0.29) is 47.9 Å². The molecule has 6 nitrogen and oxygen atoms in total. The van der Waals surface area contributed by atoms with E-state index in [2.05, 4.69) is 0 Å². The molecule has 2 aromatic rings. The summed E-state index contributed by atoms with van der Waals surface area (Å²) in [7, 11) is -8.73. The first-order chi connectivity index (χ1) is 26.9. The molecular formula is C39H52F12O6S2. The Hall–Kier alpha value is -2.90. The molecule has 2 rings (SSSR count). The number of hydrogen-bond acceptors (Lipinski definition) is 6. The smallest absolute Gasteiger partial charge is 0.382 e. The third-order valence-corrected chi connectivity index (χ3v) is 12.2. The van der Waals surface area contributed by atoms with Crippen LogP contribution in [0, 0.1) is 27.7 Å². The van der Waals surface area contributed by atoms with Crippen LogP contribution in [0.4, 0.5) is 52.7 Å². The largest absolute Gasteiger partial charge is 0.411 e. The third-order valence-electron chi connectivity index (χ3n) is 9.77. The predicted molar refractivity (Wildman–Crippen MR) is 200 cm³/mol. The molecule has 20 heteroatoms. The molecule has 2 aromatic carbocycles. The minimum atomic E-state index is -6.04. The van der Waals surface area contributed by atoms with Gasteiger partial charge in [-0.1, -0.05) is 88.5 Å². The Balaban J connectivity index is 2.25. The Labute approximate surface area is 338 Å². The van der Waals surface area contributed by atoms with Crippen LogP contribution in [-0.2, 0) is 25.7 Å². The summed E-state index contributed by atoms with van der Waals surface area (Å²) in [5.74, 6) is -1.98. The standard InChI is InChI=1S/C39H52F12O6S2/c1-27-23-31(24-28(2)33(27)56-58(52,53)21-17-13-9-5-7-11-15-19-35(40,41)42)37(38(46,47)48,39(49,50)51)32-25-29(3)34(30(4)26-32)57-59(54,55)22-18-14-10-6-8-12-16-20-36(43,44)45/h23-26H,5-22H2,1-4H3. The average molecular weight is 909 g/mol. The second-order valence-electron chi connectivity index (χ2n) is 15.0. The van der Waals surface area contributed by atoms with E-state index in [9.17, 15) is 43.2 Å². The first kappa shape index (κ1) is 52.2. The van der Waals surface area contributed by atoms with Crippen molar-refractivity contribution in [1.82, 2.24) is 0 Å². The van der Waals surface area contributed by atoms with E-state index in [0.29, 0.717) is 88.5 Å². The zero-order valence-corrected chi connectivity index (χ0v) is 35.0. The highest BCUT2D eigenvalue weighted by atomic mass is 32.2. The Kier molecular flexibility index (Phi) is 18.8. The maximum atomic E-state index is 15.1. The highest BCUT2D eigenvalue weighted by Gasteiger charge is 2.72. The van der Waals surface area contributed by atoms with Crippen LogP contribution >= 0.6 is 0 Å². The van der Waals surface area contributed by atoms with Gasteiger partial charge in [-0.3, -0.25) is 0 Å². The van der Waals surface area contributed by atoms with E-state index in [1.165, 1.54) is 0 Å². The normalized spacial score (nSPS) is 13.6. The maximum absolute atomic E-state index is 15.1. The van der Waals surface area contributed by atoms with Crippen molar-refractivity contribution in [3.05, 3.63) is 57.6 Å². The zero-order valence-electron chi connectivity index (χ0n) is 33.3. The molecule has 0 spiro atoms. The van der Waals surface area contributed by atoms with Crippen LogP contribution in [0.1, 0.15) is 136 Å². The van der Waals surface area contributed by atoms with Crippen molar-refractivity contribution in [2.45, 2.75) is 161 Å². The highest BCUT2D eigenvalue weighted by molar-refractivity contribution is 7.87. The Morgan fingerprint density at radius 1 is 0.407 bits per heavy atom. The summed E-state index contributed by atoms with van der Waals surface area (Å²) < 4.78 is 226. The number of hydrogen-bond donors (Lipinski definition) is 0. The summed E-state index contributed by atoms with van der Waals surface area (Å²) in [5.41, 5.74) is -8.66. The lowest BCUT2D eigenvalue weighted by atomic mass is 9.71. The molecule has 0 fully saturated rings. The predicted octanol–water partition coefficient (Wildman–Crippen LogP) is 13.1. The van der Waals surface area contributed by atoms with Crippen molar-refractivity contribution in [1.29, 1.82) is 0 Å². The highest BCUT2D eigenvalue weighted by Crippen LogP contribution is 2.57. The summed E-state index contributed by atoms with van der Waals surface area (Å²) in [6.45, 7) is 4.37.